The third kappa shape index (κ3) is 9.36. The minimum absolute atomic E-state index is 0.117. The van der Waals surface area contributed by atoms with Crippen LogP contribution in [0.2, 0.25) is 51.4 Å². The number of aromatic nitrogens is 10. The molecule has 0 aliphatic carbocycles. The van der Waals surface area contributed by atoms with Crippen molar-refractivity contribution < 1.29 is 36.6 Å². The van der Waals surface area contributed by atoms with E-state index in [0.717, 1.165) is 30.3 Å². The van der Waals surface area contributed by atoms with Crippen LogP contribution >= 0.6 is 0 Å². The first-order valence-electron chi connectivity index (χ1n) is 19.4. The zero-order chi connectivity index (χ0) is 43.8. The lowest BCUT2D eigenvalue weighted by atomic mass is 10.1. The van der Waals surface area contributed by atoms with Crippen molar-refractivity contribution in [2.24, 2.45) is 7.05 Å². The predicted molar refractivity (Wildman–Crippen MR) is 229 cm³/mol. The molecule has 0 saturated carbocycles. The number of H-pyrrole nitrogens is 1. The second-order valence-electron chi connectivity index (χ2n) is 17.0. The summed E-state index contributed by atoms with van der Waals surface area (Å²) in [5, 5.41) is 11.3. The lowest BCUT2D eigenvalue weighted by Gasteiger charge is -2.15. The molecule has 6 aromatic heterocycles. The summed E-state index contributed by atoms with van der Waals surface area (Å²) in [7, 11) is -0.809. The quantitative estimate of drug-likeness (QED) is 0.0484. The molecule has 14 nitrogen and oxygen atoms in total. The van der Waals surface area contributed by atoms with Crippen molar-refractivity contribution in [3.63, 3.8) is 0 Å². The fraction of sp³-hybridized carbons (Fsp3) is 0.317. The lowest BCUT2D eigenvalue weighted by molar-refractivity contribution is 0.0895. The highest BCUT2D eigenvalue weighted by Gasteiger charge is 2.22. The molecule has 2 aromatic carbocycles. The molecule has 8 aromatic rings. The van der Waals surface area contributed by atoms with Crippen molar-refractivity contribution in [3.8, 4) is 22.8 Å². The van der Waals surface area contributed by atoms with Crippen LogP contribution < -0.4 is 0 Å². The van der Waals surface area contributed by atoms with E-state index in [9.17, 15) is 27.2 Å². The first kappa shape index (κ1) is 43.1. The maximum Gasteiger partial charge on any atom is 0.161 e. The maximum absolute atomic E-state index is 14.5. The average Bonchev–Trinajstić information content (AvgIpc) is 3.96. The summed E-state index contributed by atoms with van der Waals surface area (Å²) >= 11 is 0. The molecule has 1 N–H and O–H groups in total. The number of halogens is 4. The SMILES string of the molecule is C[Si](C)(C)CCOCn1cc(C=O)c2nc(-c3n[nH]c4cc(F)cc(F)c34)cnc21.Cn1nc(-c2cnc3c(n2)c(C=O)cn3COCC[Si](C)(C)C)c2c(F)cc(F)cc21. The predicted octanol–water partition coefficient (Wildman–Crippen LogP) is 8.77. The molecule has 0 fully saturated rings. The summed E-state index contributed by atoms with van der Waals surface area (Å²) in [6, 6.07) is 6.03. The fourth-order valence-corrected chi connectivity index (χ4v) is 8.09. The van der Waals surface area contributed by atoms with Gasteiger partial charge in [0.2, 0.25) is 0 Å². The van der Waals surface area contributed by atoms with Gasteiger partial charge in [0.05, 0.1) is 45.3 Å². The summed E-state index contributed by atoms with van der Waals surface area (Å²) < 4.78 is 72.3. The Morgan fingerprint density at radius 3 is 1.69 bits per heavy atom. The molecule has 0 unspecified atom stereocenters. The molecule has 0 radical (unpaired) electrons. The molecule has 8 rings (SSSR count). The number of ether oxygens (including phenoxy) is 2. The molecule has 0 bridgehead atoms. The first-order valence-corrected chi connectivity index (χ1v) is 26.8. The maximum atomic E-state index is 14.5. The molecule has 318 valence electrons. The molecule has 0 spiro atoms. The lowest BCUT2D eigenvalue weighted by Crippen LogP contribution is -2.22. The zero-order valence-corrected chi connectivity index (χ0v) is 36.7. The number of carbonyl (C=O) groups is 2. The van der Waals surface area contributed by atoms with E-state index in [0.29, 0.717) is 70.5 Å². The topological polar surface area (TPSA) is 161 Å². The fourth-order valence-electron chi connectivity index (χ4n) is 6.58. The molecular weight excluding hydrogens is 829 g/mol. The number of nitrogens with zero attached hydrogens (tertiary/aromatic N) is 9. The van der Waals surface area contributed by atoms with Gasteiger partial charge < -0.3 is 18.6 Å². The largest absolute Gasteiger partial charge is 0.361 e. The van der Waals surface area contributed by atoms with Crippen LogP contribution in [0, 0.1) is 23.3 Å². The number of aryl methyl sites for hydroxylation is 1. The smallest absolute Gasteiger partial charge is 0.161 e. The molecule has 61 heavy (non-hydrogen) atoms. The molecule has 0 atom stereocenters. The molecule has 20 heteroatoms. The van der Waals surface area contributed by atoms with Crippen molar-refractivity contribution in [2.45, 2.75) is 64.8 Å². The Morgan fingerprint density at radius 2 is 1.18 bits per heavy atom. The van der Waals surface area contributed by atoms with Gasteiger partial charge in [-0.1, -0.05) is 39.3 Å². The van der Waals surface area contributed by atoms with Crippen molar-refractivity contribution in [2.75, 3.05) is 13.2 Å². The van der Waals surface area contributed by atoms with Crippen molar-refractivity contribution in [1.29, 1.82) is 0 Å². The molecule has 0 amide bonds. The Labute approximate surface area is 349 Å². The number of nitrogens with one attached hydrogen (secondary N) is 1. The van der Waals surface area contributed by atoms with Gasteiger partial charge in [0.25, 0.3) is 0 Å². The van der Waals surface area contributed by atoms with Crippen LogP contribution in [-0.4, -0.2) is 91.0 Å². The highest BCUT2D eigenvalue weighted by atomic mass is 28.3. The van der Waals surface area contributed by atoms with E-state index < -0.39 is 39.4 Å². The highest BCUT2D eigenvalue weighted by Crippen LogP contribution is 2.32. The summed E-state index contributed by atoms with van der Waals surface area (Å²) in [6.45, 7) is 15.4. The first-order chi connectivity index (χ1) is 28.9. The molecule has 0 aliphatic rings. The second-order valence-corrected chi connectivity index (χ2v) is 28.3. The van der Waals surface area contributed by atoms with Crippen LogP contribution in [0.4, 0.5) is 17.6 Å². The van der Waals surface area contributed by atoms with Crippen molar-refractivity contribution in [1.82, 2.24) is 49.0 Å². The Morgan fingerprint density at radius 1 is 0.689 bits per heavy atom. The minimum atomic E-state index is -1.21. The van der Waals surface area contributed by atoms with Gasteiger partial charge in [0, 0.05) is 60.9 Å². The number of rotatable bonds is 14. The molecule has 6 heterocycles. The van der Waals surface area contributed by atoms with Crippen LogP contribution in [0.15, 0.2) is 49.1 Å². The van der Waals surface area contributed by atoms with Gasteiger partial charge in [0.1, 0.15) is 70.5 Å². The molecule has 0 saturated heterocycles. The van der Waals surface area contributed by atoms with Gasteiger partial charge in [-0.15, -0.1) is 0 Å². The van der Waals surface area contributed by atoms with Gasteiger partial charge in [-0.25, -0.2) is 37.5 Å². The highest BCUT2D eigenvalue weighted by molar-refractivity contribution is 6.76. The summed E-state index contributed by atoms with van der Waals surface area (Å²) in [5.74, 6) is -2.87. The Bertz CT molecular complexity index is 2930. The number of aldehydes is 2. The molecule has 0 aliphatic heterocycles. The third-order valence-corrected chi connectivity index (χ3v) is 13.2. The van der Waals surface area contributed by atoms with Crippen molar-refractivity contribution >= 4 is 72.9 Å². The Balaban J connectivity index is 0.000000184. The third-order valence-electron chi connectivity index (χ3n) is 9.83. The van der Waals surface area contributed by atoms with Gasteiger partial charge in [-0.2, -0.15) is 10.2 Å². The zero-order valence-electron chi connectivity index (χ0n) is 34.7. The van der Waals surface area contributed by atoms with E-state index in [4.69, 9.17) is 9.47 Å². The van der Waals surface area contributed by atoms with E-state index in [-0.39, 0.29) is 46.8 Å². The number of hydrogen-bond donors (Lipinski definition) is 1. The van der Waals surface area contributed by atoms with Crippen LogP contribution in [0.25, 0.3) is 66.9 Å². The Hall–Kier alpha value is -5.97. The van der Waals surface area contributed by atoms with E-state index in [1.165, 1.54) is 23.1 Å². The van der Waals surface area contributed by atoms with Gasteiger partial charge in [-0.05, 0) is 24.2 Å². The van der Waals surface area contributed by atoms with Gasteiger partial charge >= 0.3 is 0 Å². The van der Waals surface area contributed by atoms with Crippen LogP contribution in [0.3, 0.4) is 0 Å². The standard InChI is InChI=1S/C21H23F2N5O2Si.C20H21F2N5O2Si/c1-27-17-8-14(22)7-15(23)18(17)20(26-27)16-9-24-21-19(25-16)13(11-29)10-28(21)12-30-5-6-31(2,3)4;1-30(2,3)5-4-29-11-27-9-12(10-28)18-20(27)23-8-16(24-18)19-17-14(22)6-13(21)7-15(17)25-26-19/h7-11H,5-6,12H2,1-4H3;6-10H,4-5,11H2,1-3H3,(H,25,26). The van der Waals surface area contributed by atoms with Gasteiger partial charge in [0.15, 0.2) is 23.9 Å². The van der Waals surface area contributed by atoms with E-state index in [1.54, 1.807) is 28.6 Å². The number of aromatic amines is 1. The minimum Gasteiger partial charge on any atom is -0.361 e. The average molecular weight is 873 g/mol. The van der Waals surface area contributed by atoms with Gasteiger partial charge in [-0.3, -0.25) is 19.4 Å². The normalized spacial score (nSPS) is 12.2. The van der Waals surface area contributed by atoms with Crippen LogP contribution in [-0.2, 0) is 30.0 Å². The number of fused-ring (bicyclic) bond motifs is 4. The monoisotopic (exact) mass is 872 g/mol. The number of carbonyl (C=O) groups excluding carboxylic acids is 2. The summed E-state index contributed by atoms with van der Waals surface area (Å²) in [6.07, 6.45) is 7.59. The second kappa shape index (κ2) is 17.2. The van der Waals surface area contributed by atoms with Crippen LogP contribution in [0.5, 0.6) is 0 Å². The van der Waals surface area contributed by atoms with E-state index >= 15 is 0 Å². The molecular formula is C41H44F4N10O4Si2. The summed E-state index contributed by atoms with van der Waals surface area (Å²) in [4.78, 5) is 41.0. The summed E-state index contributed by atoms with van der Waals surface area (Å²) in [5.41, 5.74) is 3.96. The van der Waals surface area contributed by atoms with Crippen molar-refractivity contribution in [3.05, 3.63) is 83.4 Å². The van der Waals surface area contributed by atoms with Crippen LogP contribution in [0.1, 0.15) is 20.7 Å². The van der Waals surface area contributed by atoms with E-state index in [2.05, 4.69) is 74.5 Å². The number of benzene rings is 2. The Kier molecular flexibility index (Phi) is 12.2. The van der Waals surface area contributed by atoms with E-state index in [1.807, 2.05) is 0 Å². The number of hydrogen-bond acceptors (Lipinski definition) is 10.